The van der Waals surface area contributed by atoms with Gasteiger partial charge in [0.2, 0.25) is 0 Å². The van der Waals surface area contributed by atoms with Crippen molar-refractivity contribution in [3.8, 4) is 11.5 Å². The van der Waals surface area contributed by atoms with Gasteiger partial charge in [-0.25, -0.2) is 10.2 Å². The molecule has 0 aliphatic heterocycles. The number of amides is 1. The Balaban J connectivity index is 1.45. The van der Waals surface area contributed by atoms with Gasteiger partial charge in [0.1, 0.15) is 12.2 Å². The van der Waals surface area contributed by atoms with Crippen molar-refractivity contribution in [2.75, 3.05) is 6.61 Å². The number of furan rings is 1. The maximum atomic E-state index is 12.4. The van der Waals surface area contributed by atoms with E-state index in [0.717, 1.165) is 10.9 Å². The van der Waals surface area contributed by atoms with Crippen molar-refractivity contribution in [3.63, 3.8) is 0 Å². The lowest BCUT2D eigenvalue weighted by Gasteiger charge is -2.14. The number of hydrogen-bond acceptors (Lipinski definition) is 6. The fourth-order valence-corrected chi connectivity index (χ4v) is 3.85. The summed E-state index contributed by atoms with van der Waals surface area (Å²) in [6.45, 7) is 2.50. The number of carboxylic acids is 1. The number of carbonyl (C=O) groups is 2. The second-order valence-corrected chi connectivity index (χ2v) is 8.26. The van der Waals surface area contributed by atoms with Crippen molar-refractivity contribution < 1.29 is 28.6 Å². The first-order valence-corrected chi connectivity index (χ1v) is 11.5. The summed E-state index contributed by atoms with van der Waals surface area (Å²) in [5.41, 5.74) is 4.77. The molecule has 0 radical (unpaired) electrons. The first-order chi connectivity index (χ1) is 16.9. The topological polar surface area (TPSA) is 110 Å². The smallest absolute Gasteiger partial charge is 0.335 e. The highest BCUT2D eigenvalue weighted by molar-refractivity contribution is 9.10. The molecule has 3 aromatic carbocycles. The zero-order valence-electron chi connectivity index (χ0n) is 18.7. The van der Waals surface area contributed by atoms with Crippen LogP contribution in [0.1, 0.15) is 39.0 Å². The molecule has 178 valence electrons. The van der Waals surface area contributed by atoms with Crippen molar-refractivity contribution in [2.45, 2.75) is 13.5 Å². The maximum absolute atomic E-state index is 12.4. The molecular formula is C26H21BrN2O6. The van der Waals surface area contributed by atoms with E-state index in [1.807, 2.05) is 25.1 Å². The summed E-state index contributed by atoms with van der Waals surface area (Å²) < 4.78 is 17.9. The summed E-state index contributed by atoms with van der Waals surface area (Å²) in [6.07, 6.45) is 1.49. The number of carboxylic acid groups (broad SMARTS) is 1. The van der Waals surface area contributed by atoms with Crippen LogP contribution in [0.2, 0.25) is 0 Å². The molecule has 0 unspecified atom stereocenters. The minimum Gasteiger partial charge on any atom is -0.490 e. The molecule has 0 aliphatic rings. The number of rotatable bonds is 9. The lowest BCUT2D eigenvalue weighted by Crippen LogP contribution is -2.16. The minimum absolute atomic E-state index is 0.166. The molecule has 0 saturated carbocycles. The van der Waals surface area contributed by atoms with Crippen LogP contribution >= 0.6 is 15.9 Å². The lowest BCUT2D eigenvalue weighted by molar-refractivity contribution is 0.0696. The third-order valence-electron chi connectivity index (χ3n) is 4.94. The molecule has 2 N–H and O–H groups in total. The molecule has 1 amide bonds. The van der Waals surface area contributed by atoms with Gasteiger partial charge < -0.3 is 19.0 Å². The van der Waals surface area contributed by atoms with Crippen molar-refractivity contribution in [3.05, 3.63) is 93.7 Å². The third kappa shape index (κ3) is 5.88. The summed E-state index contributed by atoms with van der Waals surface area (Å²) in [4.78, 5) is 23.4. The first kappa shape index (κ1) is 24.0. The zero-order valence-corrected chi connectivity index (χ0v) is 20.2. The highest BCUT2D eigenvalue weighted by Gasteiger charge is 2.14. The predicted molar refractivity (Wildman–Crippen MR) is 134 cm³/mol. The third-order valence-corrected chi connectivity index (χ3v) is 5.53. The Hall–Kier alpha value is -4.11. The van der Waals surface area contributed by atoms with E-state index in [2.05, 4.69) is 26.5 Å². The van der Waals surface area contributed by atoms with E-state index in [1.165, 1.54) is 18.3 Å². The van der Waals surface area contributed by atoms with Gasteiger partial charge in [-0.15, -0.1) is 0 Å². The quantitative estimate of drug-likeness (QED) is 0.211. The van der Waals surface area contributed by atoms with E-state index in [9.17, 15) is 9.59 Å². The molecule has 0 bridgehead atoms. The predicted octanol–water partition coefficient (Wildman–Crippen LogP) is 5.64. The fourth-order valence-electron chi connectivity index (χ4n) is 3.28. The lowest BCUT2D eigenvalue weighted by atomic mass is 10.1. The molecule has 8 nitrogen and oxygen atoms in total. The molecule has 0 aliphatic carbocycles. The average Bonchev–Trinajstić information content (AvgIpc) is 3.28. The minimum atomic E-state index is -0.982. The average molecular weight is 537 g/mol. The van der Waals surface area contributed by atoms with Crippen LogP contribution in [0, 0.1) is 0 Å². The van der Waals surface area contributed by atoms with E-state index in [1.54, 1.807) is 36.4 Å². The van der Waals surface area contributed by atoms with Gasteiger partial charge >= 0.3 is 11.9 Å². The maximum Gasteiger partial charge on any atom is 0.335 e. The van der Waals surface area contributed by atoms with Gasteiger partial charge in [-0.1, -0.05) is 30.3 Å². The van der Waals surface area contributed by atoms with Crippen molar-refractivity contribution >= 4 is 45.0 Å². The Morgan fingerprint density at radius 2 is 1.86 bits per heavy atom. The van der Waals surface area contributed by atoms with E-state index in [0.29, 0.717) is 33.7 Å². The molecule has 0 saturated heterocycles. The zero-order chi connectivity index (χ0) is 24.8. The van der Waals surface area contributed by atoms with Crippen molar-refractivity contribution in [1.82, 2.24) is 5.43 Å². The number of ether oxygens (including phenoxy) is 2. The first-order valence-electron chi connectivity index (χ1n) is 10.7. The van der Waals surface area contributed by atoms with Crippen molar-refractivity contribution in [1.29, 1.82) is 0 Å². The number of halogens is 1. The molecule has 1 heterocycles. The number of nitrogens with zero attached hydrogens (tertiary/aromatic N) is 1. The molecule has 0 spiro atoms. The van der Waals surface area contributed by atoms with Gasteiger partial charge in [0.05, 0.1) is 22.9 Å². The summed E-state index contributed by atoms with van der Waals surface area (Å²) in [6, 6.07) is 19.0. The van der Waals surface area contributed by atoms with E-state index in [-0.39, 0.29) is 17.9 Å². The van der Waals surface area contributed by atoms with Crippen LogP contribution < -0.4 is 14.9 Å². The van der Waals surface area contributed by atoms with Crippen LogP contribution in [0.3, 0.4) is 0 Å². The van der Waals surface area contributed by atoms with Crippen LogP contribution in [-0.2, 0) is 6.61 Å². The molecule has 9 heteroatoms. The van der Waals surface area contributed by atoms with Gasteiger partial charge in [-0.3, -0.25) is 4.79 Å². The van der Waals surface area contributed by atoms with Crippen LogP contribution in [0.4, 0.5) is 0 Å². The van der Waals surface area contributed by atoms with E-state index >= 15 is 0 Å². The second-order valence-electron chi connectivity index (χ2n) is 7.40. The van der Waals surface area contributed by atoms with Gasteiger partial charge in [-0.2, -0.15) is 5.10 Å². The summed E-state index contributed by atoms with van der Waals surface area (Å²) in [7, 11) is 0. The number of hydrazone groups is 1. The normalized spacial score (nSPS) is 11.0. The molecular weight excluding hydrogens is 516 g/mol. The molecule has 35 heavy (non-hydrogen) atoms. The number of aromatic carboxylic acids is 1. The van der Waals surface area contributed by atoms with Crippen LogP contribution in [0.25, 0.3) is 11.0 Å². The number of hydrogen-bond donors (Lipinski definition) is 2. The molecule has 4 rings (SSSR count). The largest absolute Gasteiger partial charge is 0.490 e. The SMILES string of the molecule is CCOc1cc(/C=N/NC(=O)c2cc3ccccc3o2)cc(Br)c1OCc1ccc(C(=O)O)cc1. The highest BCUT2D eigenvalue weighted by atomic mass is 79.9. The number of benzene rings is 3. The Bertz CT molecular complexity index is 1360. The van der Waals surface area contributed by atoms with Gasteiger partial charge in [0.15, 0.2) is 17.3 Å². The van der Waals surface area contributed by atoms with Gasteiger partial charge in [0, 0.05) is 5.39 Å². The standard InChI is InChI=1S/C26H21BrN2O6/c1-2-33-22-12-17(14-28-29-25(30)23-13-19-5-3-4-6-21(19)35-23)11-20(27)24(22)34-15-16-7-9-18(10-8-16)26(31)32/h3-14H,2,15H2,1H3,(H,29,30)(H,31,32)/b28-14+. The number of para-hydroxylation sites is 1. The molecule has 0 atom stereocenters. The Kier molecular flexibility index (Phi) is 7.47. The number of nitrogens with one attached hydrogen (secondary N) is 1. The Morgan fingerprint density at radius 3 is 2.57 bits per heavy atom. The fraction of sp³-hybridized carbons (Fsp3) is 0.115. The molecule has 0 fully saturated rings. The van der Waals surface area contributed by atoms with E-state index < -0.39 is 11.9 Å². The summed E-state index contributed by atoms with van der Waals surface area (Å²) in [5, 5.41) is 13.9. The Morgan fingerprint density at radius 1 is 1.09 bits per heavy atom. The number of fused-ring (bicyclic) bond motifs is 1. The summed E-state index contributed by atoms with van der Waals surface area (Å²) in [5.74, 6) is -0.285. The van der Waals surface area contributed by atoms with Crippen LogP contribution in [0.5, 0.6) is 11.5 Å². The van der Waals surface area contributed by atoms with E-state index in [4.69, 9.17) is 19.0 Å². The number of carbonyl (C=O) groups excluding carboxylic acids is 1. The van der Waals surface area contributed by atoms with Crippen LogP contribution in [0.15, 0.2) is 80.7 Å². The van der Waals surface area contributed by atoms with Crippen LogP contribution in [-0.4, -0.2) is 29.8 Å². The Labute approximate surface area is 209 Å². The summed E-state index contributed by atoms with van der Waals surface area (Å²) >= 11 is 3.50. The van der Waals surface area contributed by atoms with Gasteiger partial charge in [-0.05, 0) is 70.4 Å². The molecule has 4 aromatic rings. The second kappa shape index (κ2) is 10.9. The monoisotopic (exact) mass is 536 g/mol. The van der Waals surface area contributed by atoms with Gasteiger partial charge in [0.25, 0.3) is 0 Å². The highest BCUT2D eigenvalue weighted by Crippen LogP contribution is 2.37. The molecule has 1 aromatic heterocycles. The van der Waals surface area contributed by atoms with Crippen molar-refractivity contribution in [2.24, 2.45) is 5.10 Å².